The van der Waals surface area contributed by atoms with E-state index in [-0.39, 0.29) is 66.2 Å². The van der Waals surface area contributed by atoms with Crippen LogP contribution in [0, 0.1) is 0 Å². The molecule has 0 rings (SSSR count). The van der Waals surface area contributed by atoms with Crippen molar-refractivity contribution in [3.05, 3.63) is 0 Å². The Balaban J connectivity index is 0. The van der Waals surface area contributed by atoms with Crippen molar-refractivity contribution in [3.63, 3.8) is 0 Å². The van der Waals surface area contributed by atoms with Crippen molar-refractivity contribution in [3.8, 4) is 0 Å². The minimum Gasteiger partial charge on any atom is 0 e. The molecule has 0 heterocycles. The first kappa shape index (κ1) is 39.0. The molecule has 0 aliphatic carbocycles. The zero-order valence-corrected chi connectivity index (χ0v) is 8.92. The molecule has 2 radical (unpaired) electrons. The molecule has 0 amide bonds. The molecule has 0 aromatic heterocycles. The van der Waals surface area contributed by atoms with E-state index in [2.05, 4.69) is 0 Å². The zero-order valence-electron chi connectivity index (χ0n) is 1.91. The van der Waals surface area contributed by atoms with Crippen LogP contribution in [0.5, 0.6) is 0 Å². The van der Waals surface area contributed by atoms with E-state index in [0.717, 1.165) is 0 Å². The van der Waals surface area contributed by atoms with Gasteiger partial charge in [0.1, 0.15) is 0 Å². The van der Waals surface area contributed by atoms with Gasteiger partial charge in [0.25, 0.3) is 0 Å². The second-order valence-corrected chi connectivity index (χ2v) is 0. The van der Waals surface area contributed by atoms with Crippen molar-refractivity contribution in [2.75, 3.05) is 0 Å². The van der Waals surface area contributed by atoms with Gasteiger partial charge in [-0.15, -0.1) is 0 Å². The van der Waals surface area contributed by atoms with Gasteiger partial charge in [0.15, 0.2) is 17.4 Å². The van der Waals surface area contributed by atoms with Gasteiger partial charge in [-0.25, -0.2) is 0 Å². The number of hydrogen-bond acceptors (Lipinski definition) is 0. The first-order valence-electron chi connectivity index (χ1n) is 0. The van der Waals surface area contributed by atoms with Gasteiger partial charge in [-0.3, -0.25) is 0 Å². The van der Waals surface area contributed by atoms with Crippen LogP contribution in [0.4, 0.5) is 0 Å². The topological polar surface area (TPSA) is 31.5 Å². The second-order valence-electron chi connectivity index (χ2n) is 0. The summed E-state index contributed by atoms with van der Waals surface area (Å²) >= 11 is 0. The third-order valence-electron chi connectivity index (χ3n) is 0. The fourth-order valence-corrected chi connectivity index (χ4v) is 0. The van der Waals surface area contributed by atoms with Crippen molar-refractivity contribution in [2.45, 2.75) is 0 Å². The van der Waals surface area contributed by atoms with Crippen LogP contribution >= 0.6 is 0 Å². The van der Waals surface area contributed by atoms with Gasteiger partial charge in [-0.1, -0.05) is 0 Å². The summed E-state index contributed by atoms with van der Waals surface area (Å²) in [4.78, 5) is 0. The maximum Gasteiger partial charge on any atom is 0 e. The molecule has 0 saturated carbocycles. The van der Waals surface area contributed by atoms with Crippen molar-refractivity contribution in [1.82, 2.24) is 0 Å². The summed E-state index contributed by atoms with van der Waals surface area (Å²) in [5.74, 6) is 0. The molecule has 2 N–H and O–H groups in total. The molecule has 0 fully saturated rings. The van der Waals surface area contributed by atoms with Crippen LogP contribution in [0.2, 0.25) is 0 Å². The maximum atomic E-state index is 0. The first-order chi connectivity index (χ1) is 0. The Morgan fingerprint density at radius 1 is 1.00 bits per heavy atom. The van der Waals surface area contributed by atoms with E-state index in [9.17, 15) is 0 Å². The Morgan fingerprint density at radius 3 is 1.00 bits per heavy atom. The van der Waals surface area contributed by atoms with Crippen LogP contribution in [-0.4, -0.2) is 46.7 Å². The molecule has 0 unspecified atom stereocenters. The van der Waals surface area contributed by atoms with Crippen LogP contribution in [0.25, 0.3) is 0 Å². The van der Waals surface area contributed by atoms with Crippen LogP contribution in [0.15, 0.2) is 0 Å². The summed E-state index contributed by atoms with van der Waals surface area (Å²) in [5.41, 5.74) is 0. The fourth-order valence-electron chi connectivity index (χ4n) is 0. The molecular weight excluding hydrogens is 227 g/mol. The van der Waals surface area contributed by atoms with Gasteiger partial charge in [0, 0.05) is 19.5 Å². The van der Waals surface area contributed by atoms with Crippen molar-refractivity contribution >= 4 is 41.3 Å². The van der Waals surface area contributed by atoms with Crippen LogP contribution in [0.3, 0.4) is 0 Å². The van der Waals surface area contributed by atoms with Gasteiger partial charge in [0.2, 0.25) is 0 Å². The van der Waals surface area contributed by atoms with Crippen LogP contribution < -0.4 is 0 Å². The average molecular weight is 234 g/mol. The molecule has 0 bridgehead atoms. The predicted molar refractivity (Wildman–Crippen MR) is 22.1 cm³/mol. The van der Waals surface area contributed by atoms with Gasteiger partial charge in [-0.2, -0.15) is 0 Å². The van der Waals surface area contributed by atoms with E-state index in [0.29, 0.717) is 0 Å². The Labute approximate surface area is 65.7 Å². The van der Waals surface area contributed by atoms with E-state index in [1.54, 1.807) is 0 Å². The monoisotopic (exact) mass is 234 g/mol. The van der Waals surface area contributed by atoms with Crippen molar-refractivity contribution in [2.24, 2.45) is 0 Å². The summed E-state index contributed by atoms with van der Waals surface area (Å²) in [5, 5.41) is 0. The third-order valence-corrected chi connectivity index (χ3v) is 0. The molecule has 0 atom stereocenters. The van der Waals surface area contributed by atoms with E-state index >= 15 is 0 Å². The van der Waals surface area contributed by atoms with Gasteiger partial charge in [0.05, 0.1) is 0 Å². The fraction of sp³-hybridized carbons (Fsp3) is 0. The summed E-state index contributed by atoms with van der Waals surface area (Å²) in [6.07, 6.45) is 0. The summed E-state index contributed by atoms with van der Waals surface area (Å²) in [6.45, 7) is 0. The normalized spacial score (nSPS) is 0. The van der Waals surface area contributed by atoms with Gasteiger partial charge < -0.3 is 5.48 Å². The summed E-state index contributed by atoms with van der Waals surface area (Å²) < 4.78 is 0. The Bertz CT molecular complexity index is 8.00. The molecule has 0 aliphatic rings. The smallest absolute Gasteiger partial charge is 0 e. The molecule has 4 heavy (non-hydrogen) atoms. The summed E-state index contributed by atoms with van der Waals surface area (Å²) in [7, 11) is 0. The molecule has 0 aliphatic heterocycles. The zero-order chi connectivity index (χ0) is 0. The average Bonchev–Trinajstić information content (AvgIpc) is 0. The van der Waals surface area contributed by atoms with Crippen LogP contribution in [-0.2, 0) is 19.5 Å². The van der Waals surface area contributed by atoms with E-state index in [1.165, 1.54) is 0 Å². The van der Waals surface area contributed by atoms with Crippen molar-refractivity contribution < 1.29 is 25.0 Å². The molecular formula is H7AlOSnZn. The predicted octanol–water partition coefficient (Wildman–Crippen LogP) is -2.93. The van der Waals surface area contributed by atoms with Crippen LogP contribution in [0.1, 0.15) is 0 Å². The molecule has 0 saturated heterocycles. The van der Waals surface area contributed by atoms with E-state index < -0.39 is 0 Å². The minimum atomic E-state index is 0. The minimum absolute atomic E-state index is 0. The Kier molecular flexibility index (Phi) is 200. The maximum absolute atomic E-state index is 0. The third kappa shape index (κ3) is 9.07. The van der Waals surface area contributed by atoms with E-state index in [1.807, 2.05) is 0 Å². The quantitative estimate of drug-likeness (QED) is 0.402. The molecule has 0 aromatic carbocycles. The largest absolute Gasteiger partial charge is 0 e. The molecule has 0 spiro atoms. The van der Waals surface area contributed by atoms with Gasteiger partial charge in [-0.05, 0) is 0 Å². The van der Waals surface area contributed by atoms with E-state index in [4.69, 9.17) is 0 Å². The van der Waals surface area contributed by atoms with Crippen molar-refractivity contribution in [1.29, 1.82) is 0 Å². The number of rotatable bonds is 0. The number of hydrogen-bond donors (Lipinski definition) is 0. The molecule has 1 nitrogen and oxygen atoms in total. The Morgan fingerprint density at radius 2 is 1.00 bits per heavy atom. The molecule has 22 valence electrons. The second kappa shape index (κ2) is 20.5. The molecule has 0 aromatic rings. The summed E-state index contributed by atoms with van der Waals surface area (Å²) in [6, 6.07) is 0. The first-order valence-corrected chi connectivity index (χ1v) is 0. The standard InChI is InChI=1S/Al.H2O.Sn.Zn.5H/h;1H2;;;;;;;. The molecule has 4 heteroatoms. The van der Waals surface area contributed by atoms with Gasteiger partial charge >= 0.3 is 23.9 Å². The SMILES string of the molecule is O.[AlH3].[SnH2].[Zn]. The Hall–Kier alpha value is 1.91.